The summed E-state index contributed by atoms with van der Waals surface area (Å²) in [6.45, 7) is 0.235. The maximum absolute atomic E-state index is 12.2. The lowest BCUT2D eigenvalue weighted by atomic mass is 10.2. The fourth-order valence-electron chi connectivity index (χ4n) is 2.38. The number of anilines is 1. The van der Waals surface area contributed by atoms with Crippen LogP contribution in [0, 0.1) is 0 Å². The molecule has 1 aromatic carbocycles. The number of sulfonamides is 1. The van der Waals surface area contributed by atoms with Crippen LogP contribution in [0.15, 0.2) is 24.3 Å². The minimum absolute atomic E-state index is 0.164. The first-order valence-corrected chi connectivity index (χ1v) is 8.84. The number of hydrogen-bond acceptors (Lipinski definition) is 4. The van der Waals surface area contributed by atoms with Crippen LogP contribution in [0.5, 0.6) is 5.75 Å². The Labute approximate surface area is 124 Å². The topological polar surface area (TPSA) is 75.7 Å². The number of nitrogens with zero attached hydrogens (tertiary/aromatic N) is 1. The molecule has 1 atom stereocenters. The number of fused-ring (bicyclic) bond motifs is 1. The molecule has 1 aromatic rings. The largest absolute Gasteiger partial charge is 0.478 e. The molecule has 7 heteroatoms. The van der Waals surface area contributed by atoms with Gasteiger partial charge in [-0.05, 0) is 25.0 Å². The summed E-state index contributed by atoms with van der Waals surface area (Å²) in [5.74, 6) is 0.263. The smallest absolute Gasteiger partial charge is 0.261 e. The van der Waals surface area contributed by atoms with Gasteiger partial charge in [0.2, 0.25) is 10.0 Å². The maximum Gasteiger partial charge on any atom is 0.261 e. The third-order valence-corrected chi connectivity index (χ3v) is 4.79. The van der Waals surface area contributed by atoms with Crippen molar-refractivity contribution < 1.29 is 17.9 Å². The van der Waals surface area contributed by atoms with Crippen LogP contribution < -0.4 is 14.4 Å². The summed E-state index contributed by atoms with van der Waals surface area (Å²) >= 11 is 0. The molecular weight excluding hydrogens is 292 g/mol. The molecule has 3 rings (SSSR count). The van der Waals surface area contributed by atoms with Gasteiger partial charge in [-0.1, -0.05) is 12.1 Å². The van der Waals surface area contributed by atoms with Crippen LogP contribution in [0.4, 0.5) is 5.69 Å². The summed E-state index contributed by atoms with van der Waals surface area (Å²) in [5.41, 5.74) is 0.488. The van der Waals surface area contributed by atoms with E-state index < -0.39 is 16.1 Å². The summed E-state index contributed by atoms with van der Waals surface area (Å²) < 4.78 is 30.9. The lowest BCUT2D eigenvalue weighted by molar-refractivity contribution is -0.128. The zero-order valence-electron chi connectivity index (χ0n) is 11.8. The summed E-state index contributed by atoms with van der Waals surface area (Å²) in [6, 6.07) is 7.16. The van der Waals surface area contributed by atoms with Gasteiger partial charge in [-0.15, -0.1) is 0 Å². The molecule has 0 aromatic heterocycles. The Hall–Kier alpha value is -1.76. The average molecular weight is 310 g/mol. The van der Waals surface area contributed by atoms with Crippen molar-refractivity contribution in [2.24, 2.45) is 0 Å². The van der Waals surface area contributed by atoms with Crippen molar-refractivity contribution in [3.8, 4) is 5.75 Å². The van der Waals surface area contributed by atoms with Crippen molar-refractivity contribution in [2.45, 2.75) is 31.4 Å². The number of carbonyl (C=O) groups excluding carboxylic acids is 1. The van der Waals surface area contributed by atoms with Crippen LogP contribution in [0.1, 0.15) is 19.3 Å². The SMILES string of the molecule is CS(=O)(=O)N1CC[C@H](C(=O)NC2CC2)Oc2ccccc21. The van der Waals surface area contributed by atoms with E-state index in [0.29, 0.717) is 17.9 Å². The maximum atomic E-state index is 12.2. The number of ether oxygens (including phenoxy) is 1. The average Bonchev–Trinajstić information content (AvgIpc) is 3.22. The lowest BCUT2D eigenvalue weighted by Gasteiger charge is -2.20. The van der Waals surface area contributed by atoms with Crippen molar-refractivity contribution in [3.05, 3.63) is 24.3 Å². The quantitative estimate of drug-likeness (QED) is 0.899. The van der Waals surface area contributed by atoms with Gasteiger partial charge in [0.1, 0.15) is 5.75 Å². The Morgan fingerprint density at radius 1 is 1.29 bits per heavy atom. The highest BCUT2D eigenvalue weighted by atomic mass is 32.2. The fourth-order valence-corrected chi connectivity index (χ4v) is 3.33. The van der Waals surface area contributed by atoms with Gasteiger partial charge in [-0.25, -0.2) is 8.42 Å². The number of nitrogens with one attached hydrogen (secondary N) is 1. The highest BCUT2D eigenvalue weighted by Gasteiger charge is 2.33. The Morgan fingerprint density at radius 3 is 2.67 bits per heavy atom. The molecule has 1 heterocycles. The minimum atomic E-state index is -3.40. The Balaban J connectivity index is 1.88. The molecule has 1 saturated carbocycles. The van der Waals surface area contributed by atoms with Crippen molar-refractivity contribution in [2.75, 3.05) is 17.1 Å². The monoisotopic (exact) mass is 310 g/mol. The highest BCUT2D eigenvalue weighted by Crippen LogP contribution is 2.34. The molecule has 0 unspecified atom stereocenters. The van der Waals surface area contributed by atoms with E-state index in [0.717, 1.165) is 19.1 Å². The molecule has 1 N–H and O–H groups in total. The first-order valence-electron chi connectivity index (χ1n) is 6.99. The van der Waals surface area contributed by atoms with E-state index in [2.05, 4.69) is 5.32 Å². The van der Waals surface area contributed by atoms with Crippen LogP contribution in [0.3, 0.4) is 0 Å². The first kappa shape index (κ1) is 14.2. The van der Waals surface area contributed by atoms with E-state index in [1.807, 2.05) is 0 Å². The first-order chi connectivity index (χ1) is 9.95. The lowest BCUT2D eigenvalue weighted by Crippen LogP contribution is -2.40. The second-order valence-electron chi connectivity index (χ2n) is 5.48. The Morgan fingerprint density at radius 2 is 2.00 bits per heavy atom. The second-order valence-corrected chi connectivity index (χ2v) is 7.39. The van der Waals surface area contributed by atoms with Crippen molar-refractivity contribution >= 4 is 21.6 Å². The van der Waals surface area contributed by atoms with Gasteiger partial charge in [0, 0.05) is 19.0 Å². The molecule has 1 aliphatic carbocycles. The summed E-state index contributed by atoms with van der Waals surface area (Å²) in [7, 11) is -3.40. The molecule has 0 spiro atoms. The van der Waals surface area contributed by atoms with E-state index in [9.17, 15) is 13.2 Å². The van der Waals surface area contributed by atoms with E-state index in [1.54, 1.807) is 24.3 Å². The Kier molecular flexibility index (Phi) is 3.52. The molecule has 6 nitrogen and oxygen atoms in total. The van der Waals surface area contributed by atoms with Crippen molar-refractivity contribution in [1.29, 1.82) is 0 Å². The molecule has 0 saturated heterocycles. The van der Waals surface area contributed by atoms with Gasteiger partial charge in [0.15, 0.2) is 6.10 Å². The normalized spacial score (nSPS) is 22.0. The number of carbonyl (C=O) groups is 1. The predicted molar refractivity (Wildman–Crippen MR) is 78.8 cm³/mol. The number of benzene rings is 1. The van der Waals surface area contributed by atoms with Crippen molar-refractivity contribution in [3.63, 3.8) is 0 Å². The van der Waals surface area contributed by atoms with Crippen LogP contribution in [0.2, 0.25) is 0 Å². The molecule has 2 aliphatic rings. The second kappa shape index (κ2) is 5.22. The molecular formula is C14H18N2O4S. The molecule has 1 amide bonds. The van der Waals surface area contributed by atoms with Gasteiger partial charge in [0.25, 0.3) is 5.91 Å². The van der Waals surface area contributed by atoms with E-state index in [4.69, 9.17) is 4.74 Å². The van der Waals surface area contributed by atoms with E-state index >= 15 is 0 Å². The van der Waals surface area contributed by atoms with E-state index in [1.165, 1.54) is 4.31 Å². The van der Waals surface area contributed by atoms with E-state index in [-0.39, 0.29) is 18.5 Å². The summed E-state index contributed by atoms with van der Waals surface area (Å²) in [4.78, 5) is 12.2. The van der Waals surface area contributed by atoms with Crippen LogP contribution >= 0.6 is 0 Å². The zero-order valence-corrected chi connectivity index (χ0v) is 12.6. The minimum Gasteiger partial charge on any atom is -0.478 e. The van der Waals surface area contributed by atoms with Gasteiger partial charge < -0.3 is 10.1 Å². The predicted octanol–water partition coefficient (Wildman–Crippen LogP) is 0.882. The third kappa shape index (κ3) is 3.12. The fraction of sp³-hybridized carbons (Fsp3) is 0.500. The van der Waals surface area contributed by atoms with Crippen LogP contribution in [-0.4, -0.2) is 39.3 Å². The van der Waals surface area contributed by atoms with Crippen LogP contribution in [0.25, 0.3) is 0 Å². The molecule has 114 valence electrons. The third-order valence-electron chi connectivity index (χ3n) is 3.61. The zero-order chi connectivity index (χ0) is 15.0. The standard InChI is InChI=1S/C14H18N2O4S/c1-21(18,19)16-9-8-13(14(17)15-10-6-7-10)20-12-5-3-2-4-11(12)16/h2-5,10,13H,6-9H2,1H3,(H,15,17)/t13-/m1/s1. The van der Waals surface area contributed by atoms with Crippen LogP contribution in [-0.2, 0) is 14.8 Å². The molecule has 1 fully saturated rings. The molecule has 21 heavy (non-hydrogen) atoms. The number of hydrogen-bond donors (Lipinski definition) is 1. The summed E-state index contributed by atoms with van der Waals surface area (Å²) in [6.07, 6.45) is 2.85. The molecule has 0 radical (unpaired) electrons. The number of para-hydroxylation sites is 2. The number of amides is 1. The van der Waals surface area contributed by atoms with Gasteiger partial charge in [-0.2, -0.15) is 0 Å². The molecule has 1 aliphatic heterocycles. The Bertz CT molecular complexity index is 655. The highest BCUT2D eigenvalue weighted by molar-refractivity contribution is 7.92. The molecule has 0 bridgehead atoms. The number of rotatable bonds is 3. The van der Waals surface area contributed by atoms with Gasteiger partial charge in [-0.3, -0.25) is 9.10 Å². The van der Waals surface area contributed by atoms with Gasteiger partial charge >= 0.3 is 0 Å². The van der Waals surface area contributed by atoms with Gasteiger partial charge in [0.05, 0.1) is 11.9 Å². The van der Waals surface area contributed by atoms with Crippen molar-refractivity contribution in [1.82, 2.24) is 5.32 Å². The summed E-state index contributed by atoms with van der Waals surface area (Å²) in [5, 5.41) is 2.90.